The van der Waals surface area contributed by atoms with Gasteiger partial charge < -0.3 is 4.90 Å². The molecule has 3 aromatic rings. The van der Waals surface area contributed by atoms with Gasteiger partial charge in [0.15, 0.2) is 5.82 Å². The van der Waals surface area contributed by atoms with Crippen molar-refractivity contribution in [3.8, 4) is 5.82 Å². The van der Waals surface area contributed by atoms with E-state index in [9.17, 15) is 18.0 Å². The van der Waals surface area contributed by atoms with Gasteiger partial charge in [0, 0.05) is 44.3 Å². The highest BCUT2D eigenvalue weighted by atomic mass is 19.4. The molecular weight excluding hydrogens is 385 g/mol. The Kier molecular flexibility index (Phi) is 5.08. The number of hydrogen-bond donors (Lipinski definition) is 0. The summed E-state index contributed by atoms with van der Waals surface area (Å²) < 4.78 is 42.7. The average Bonchev–Trinajstić information content (AvgIpc) is 3.24. The topological polar surface area (TPSA) is 68.8 Å². The highest BCUT2D eigenvalue weighted by molar-refractivity contribution is 5.48. The fraction of sp³-hybridized carbons (Fsp3) is 0.368. The van der Waals surface area contributed by atoms with Crippen LogP contribution in [0.1, 0.15) is 18.4 Å². The molecule has 1 fully saturated rings. The maximum Gasteiger partial charge on any atom is 0.419 e. The van der Waals surface area contributed by atoms with E-state index in [1.54, 1.807) is 34.1 Å². The molecule has 0 bridgehead atoms. The molecule has 0 radical (unpaired) electrons. The van der Waals surface area contributed by atoms with Crippen LogP contribution in [0.25, 0.3) is 5.82 Å². The SMILES string of the molecule is O=c1ccc(-n2cccn2)nn1CC1CCN(c2ncccc2C(F)(F)F)CC1. The van der Waals surface area contributed by atoms with E-state index in [-0.39, 0.29) is 17.3 Å². The summed E-state index contributed by atoms with van der Waals surface area (Å²) in [5, 5.41) is 8.47. The lowest BCUT2D eigenvalue weighted by molar-refractivity contribution is -0.137. The van der Waals surface area contributed by atoms with Crippen molar-refractivity contribution in [3.63, 3.8) is 0 Å². The van der Waals surface area contributed by atoms with Crippen molar-refractivity contribution in [2.75, 3.05) is 18.0 Å². The molecular formula is C19H19F3N6O. The van der Waals surface area contributed by atoms with E-state index in [0.717, 1.165) is 6.07 Å². The van der Waals surface area contributed by atoms with Crippen LogP contribution < -0.4 is 10.5 Å². The minimum absolute atomic E-state index is 0.0329. The summed E-state index contributed by atoms with van der Waals surface area (Å²) in [6.45, 7) is 1.30. The number of alkyl halides is 3. The van der Waals surface area contributed by atoms with Crippen molar-refractivity contribution < 1.29 is 13.2 Å². The van der Waals surface area contributed by atoms with Crippen LogP contribution in [-0.4, -0.2) is 37.6 Å². The fourth-order valence-corrected chi connectivity index (χ4v) is 3.54. The molecule has 0 aromatic carbocycles. The first-order chi connectivity index (χ1) is 13.9. The van der Waals surface area contributed by atoms with Gasteiger partial charge in [0.25, 0.3) is 5.56 Å². The van der Waals surface area contributed by atoms with E-state index in [0.29, 0.717) is 38.3 Å². The lowest BCUT2D eigenvalue weighted by atomic mass is 9.96. The smallest absolute Gasteiger partial charge is 0.356 e. The van der Waals surface area contributed by atoms with Crippen LogP contribution in [0.4, 0.5) is 19.0 Å². The molecule has 0 spiro atoms. The summed E-state index contributed by atoms with van der Waals surface area (Å²) in [5.41, 5.74) is -0.935. The number of pyridine rings is 1. The van der Waals surface area contributed by atoms with Crippen LogP contribution in [0.15, 0.2) is 53.7 Å². The second-order valence-electron chi connectivity index (χ2n) is 6.97. The molecule has 10 heteroatoms. The molecule has 29 heavy (non-hydrogen) atoms. The third-order valence-electron chi connectivity index (χ3n) is 5.03. The molecule has 0 N–H and O–H groups in total. The van der Waals surface area contributed by atoms with Crippen LogP contribution in [0, 0.1) is 5.92 Å². The molecule has 0 unspecified atom stereocenters. The first kappa shape index (κ1) is 19.2. The Morgan fingerprint density at radius 1 is 1.07 bits per heavy atom. The zero-order chi connectivity index (χ0) is 20.4. The Labute approximate surface area is 164 Å². The Morgan fingerprint density at radius 3 is 2.55 bits per heavy atom. The number of rotatable bonds is 4. The second kappa shape index (κ2) is 7.69. The minimum atomic E-state index is -4.44. The van der Waals surface area contributed by atoms with Crippen molar-refractivity contribution in [1.82, 2.24) is 24.5 Å². The first-order valence-corrected chi connectivity index (χ1v) is 9.27. The molecule has 0 saturated carbocycles. The maximum atomic E-state index is 13.2. The standard InChI is InChI=1S/C19H19F3N6O/c20-19(21,22)15-3-1-8-23-18(15)26-11-6-14(7-12-26)13-28-17(29)5-4-16(25-28)27-10-2-9-24-27/h1-5,8-10,14H,6-7,11-13H2. The second-order valence-corrected chi connectivity index (χ2v) is 6.97. The van der Waals surface area contributed by atoms with Crippen LogP contribution in [0.5, 0.6) is 0 Å². The molecule has 1 aliphatic rings. The van der Waals surface area contributed by atoms with E-state index >= 15 is 0 Å². The highest BCUT2D eigenvalue weighted by Gasteiger charge is 2.36. The van der Waals surface area contributed by atoms with Gasteiger partial charge in [-0.25, -0.2) is 14.3 Å². The number of aromatic nitrogens is 5. The van der Waals surface area contributed by atoms with E-state index in [2.05, 4.69) is 15.2 Å². The monoisotopic (exact) mass is 404 g/mol. The number of nitrogens with zero attached hydrogens (tertiary/aromatic N) is 6. The first-order valence-electron chi connectivity index (χ1n) is 9.27. The Hall–Kier alpha value is -3.17. The largest absolute Gasteiger partial charge is 0.419 e. The highest BCUT2D eigenvalue weighted by Crippen LogP contribution is 2.36. The van der Waals surface area contributed by atoms with Crippen LogP contribution >= 0.6 is 0 Å². The summed E-state index contributed by atoms with van der Waals surface area (Å²) in [5.74, 6) is 0.645. The Morgan fingerprint density at radius 2 is 1.86 bits per heavy atom. The van der Waals surface area contributed by atoms with Gasteiger partial charge >= 0.3 is 6.18 Å². The van der Waals surface area contributed by atoms with Crippen molar-refractivity contribution in [3.05, 3.63) is 64.8 Å². The summed E-state index contributed by atoms with van der Waals surface area (Å²) in [7, 11) is 0. The normalized spacial score (nSPS) is 15.6. The van der Waals surface area contributed by atoms with Gasteiger partial charge in [-0.2, -0.15) is 18.3 Å². The van der Waals surface area contributed by atoms with E-state index in [4.69, 9.17) is 0 Å². The molecule has 0 amide bonds. The number of halogens is 3. The fourth-order valence-electron chi connectivity index (χ4n) is 3.54. The van der Waals surface area contributed by atoms with Gasteiger partial charge in [-0.05, 0) is 43.0 Å². The number of piperidine rings is 1. The van der Waals surface area contributed by atoms with Gasteiger partial charge in [0.1, 0.15) is 5.82 Å². The third kappa shape index (κ3) is 4.15. The van der Waals surface area contributed by atoms with Gasteiger partial charge in [-0.3, -0.25) is 4.79 Å². The summed E-state index contributed by atoms with van der Waals surface area (Å²) in [4.78, 5) is 17.8. The number of hydrogen-bond acceptors (Lipinski definition) is 5. The van der Waals surface area contributed by atoms with E-state index in [1.165, 1.54) is 23.0 Å². The molecule has 152 valence electrons. The summed E-state index contributed by atoms with van der Waals surface area (Å²) in [6.07, 6.45) is 1.59. The third-order valence-corrected chi connectivity index (χ3v) is 5.03. The van der Waals surface area contributed by atoms with Crippen molar-refractivity contribution in [1.29, 1.82) is 0 Å². The quantitative estimate of drug-likeness (QED) is 0.669. The predicted molar refractivity (Wildman–Crippen MR) is 99.8 cm³/mol. The Bertz CT molecular complexity index is 1020. The minimum Gasteiger partial charge on any atom is -0.356 e. The number of anilines is 1. The van der Waals surface area contributed by atoms with Crippen molar-refractivity contribution in [2.24, 2.45) is 5.92 Å². The van der Waals surface area contributed by atoms with Crippen LogP contribution in [0.3, 0.4) is 0 Å². The molecule has 0 aliphatic carbocycles. The van der Waals surface area contributed by atoms with E-state index in [1.807, 2.05) is 0 Å². The van der Waals surface area contributed by atoms with Gasteiger partial charge in [-0.15, -0.1) is 5.10 Å². The summed E-state index contributed by atoms with van der Waals surface area (Å²) >= 11 is 0. The lowest BCUT2D eigenvalue weighted by Crippen LogP contribution is -2.38. The maximum absolute atomic E-state index is 13.2. The molecule has 0 atom stereocenters. The molecule has 4 heterocycles. The molecule has 4 rings (SSSR count). The molecule has 3 aromatic heterocycles. The van der Waals surface area contributed by atoms with Gasteiger partial charge in [0.05, 0.1) is 5.56 Å². The molecule has 1 saturated heterocycles. The van der Waals surface area contributed by atoms with Gasteiger partial charge in [-0.1, -0.05) is 0 Å². The van der Waals surface area contributed by atoms with Crippen LogP contribution in [-0.2, 0) is 12.7 Å². The summed E-state index contributed by atoms with van der Waals surface area (Å²) in [6, 6.07) is 7.17. The van der Waals surface area contributed by atoms with Crippen molar-refractivity contribution in [2.45, 2.75) is 25.6 Å². The molecule has 1 aliphatic heterocycles. The average molecular weight is 404 g/mol. The zero-order valence-corrected chi connectivity index (χ0v) is 15.5. The van der Waals surface area contributed by atoms with E-state index < -0.39 is 11.7 Å². The predicted octanol–water partition coefficient (Wildman–Crippen LogP) is 2.76. The lowest BCUT2D eigenvalue weighted by Gasteiger charge is -2.34. The molecule has 7 nitrogen and oxygen atoms in total. The van der Waals surface area contributed by atoms with Crippen molar-refractivity contribution >= 4 is 5.82 Å². The van der Waals surface area contributed by atoms with Crippen LogP contribution in [0.2, 0.25) is 0 Å². The van der Waals surface area contributed by atoms with Gasteiger partial charge in [0.2, 0.25) is 0 Å². The Balaban J connectivity index is 1.45. The zero-order valence-electron chi connectivity index (χ0n) is 15.5.